The maximum atomic E-state index is 5.50. The third kappa shape index (κ3) is 2.73. The van der Waals surface area contributed by atoms with Crippen LogP contribution in [0.2, 0.25) is 0 Å². The van der Waals surface area contributed by atoms with Crippen molar-refractivity contribution in [3.8, 4) is 0 Å². The summed E-state index contributed by atoms with van der Waals surface area (Å²) in [6.45, 7) is 4.31. The highest BCUT2D eigenvalue weighted by Gasteiger charge is 2.19. The van der Waals surface area contributed by atoms with Crippen molar-refractivity contribution in [3.63, 3.8) is 0 Å². The Hall–Kier alpha value is -0.120. The molecule has 0 saturated carbocycles. The van der Waals surface area contributed by atoms with E-state index in [0.717, 1.165) is 19.1 Å². The highest BCUT2D eigenvalue weighted by atomic mass is 15.2. The smallest absolute Gasteiger partial charge is 0.0113 e. The summed E-state index contributed by atoms with van der Waals surface area (Å²) >= 11 is 0. The lowest BCUT2D eigenvalue weighted by atomic mass is 10.0. The summed E-state index contributed by atoms with van der Waals surface area (Å²) in [6.07, 6.45) is 2.60. The number of nitrogens with two attached hydrogens (primary N) is 1. The van der Waals surface area contributed by atoms with E-state index >= 15 is 0 Å². The van der Waals surface area contributed by atoms with Crippen LogP contribution in [0.1, 0.15) is 12.8 Å². The van der Waals surface area contributed by atoms with Gasteiger partial charge in [0.2, 0.25) is 0 Å². The minimum Gasteiger partial charge on any atom is -0.329 e. The number of piperidine rings is 1. The molecule has 0 radical (unpaired) electrons. The van der Waals surface area contributed by atoms with Gasteiger partial charge >= 0.3 is 0 Å². The van der Waals surface area contributed by atoms with Crippen molar-refractivity contribution >= 4 is 0 Å². The number of hydrogen-bond donors (Lipinski definition) is 1. The van der Waals surface area contributed by atoms with Crippen LogP contribution in [0.15, 0.2) is 0 Å². The highest BCUT2D eigenvalue weighted by molar-refractivity contribution is 4.76. The Bertz CT molecular complexity index is 117. The summed E-state index contributed by atoms with van der Waals surface area (Å²) in [6, 6.07) is 0.791. The van der Waals surface area contributed by atoms with Crippen molar-refractivity contribution in [2.75, 3.05) is 40.3 Å². The Morgan fingerprint density at radius 3 is 2.33 bits per heavy atom. The third-order valence-corrected chi connectivity index (χ3v) is 2.73. The fourth-order valence-electron chi connectivity index (χ4n) is 1.84. The van der Waals surface area contributed by atoms with Crippen molar-refractivity contribution in [3.05, 3.63) is 0 Å². The largest absolute Gasteiger partial charge is 0.329 e. The van der Waals surface area contributed by atoms with Gasteiger partial charge in [0.15, 0.2) is 0 Å². The van der Waals surface area contributed by atoms with E-state index in [0.29, 0.717) is 0 Å². The van der Waals surface area contributed by atoms with Gasteiger partial charge in [-0.15, -0.1) is 0 Å². The van der Waals surface area contributed by atoms with Crippen molar-refractivity contribution < 1.29 is 0 Å². The lowest BCUT2D eigenvalue weighted by molar-refractivity contribution is 0.148. The molecule has 72 valence electrons. The zero-order chi connectivity index (χ0) is 8.97. The van der Waals surface area contributed by atoms with Gasteiger partial charge < -0.3 is 15.5 Å². The van der Waals surface area contributed by atoms with Crippen LogP contribution >= 0.6 is 0 Å². The minimum absolute atomic E-state index is 0.791. The van der Waals surface area contributed by atoms with Gasteiger partial charge in [-0.05, 0) is 40.0 Å². The van der Waals surface area contributed by atoms with Crippen molar-refractivity contribution in [1.29, 1.82) is 0 Å². The fourth-order valence-corrected chi connectivity index (χ4v) is 1.84. The first-order chi connectivity index (χ1) is 5.74. The van der Waals surface area contributed by atoms with Crippen molar-refractivity contribution in [1.82, 2.24) is 9.80 Å². The number of hydrogen-bond acceptors (Lipinski definition) is 3. The van der Waals surface area contributed by atoms with Crippen molar-refractivity contribution in [2.24, 2.45) is 5.73 Å². The van der Waals surface area contributed by atoms with Gasteiger partial charge in [0.1, 0.15) is 0 Å². The SMILES string of the molecule is CN(C)C1CCN(CCN)CC1. The second-order valence-corrected chi connectivity index (χ2v) is 3.83. The van der Waals surface area contributed by atoms with Crippen LogP contribution in [0.5, 0.6) is 0 Å². The predicted octanol–water partition coefficient (Wildman–Crippen LogP) is -0.0289. The molecule has 0 atom stereocenters. The standard InChI is InChI=1S/C9H21N3/c1-11(2)9-3-6-12(7-4-9)8-5-10/h9H,3-8,10H2,1-2H3. The lowest BCUT2D eigenvalue weighted by Crippen LogP contribution is -2.43. The summed E-state index contributed by atoms with van der Waals surface area (Å²) in [4.78, 5) is 4.79. The van der Waals surface area contributed by atoms with Crippen LogP contribution in [-0.2, 0) is 0 Å². The van der Waals surface area contributed by atoms with Gasteiger partial charge in [0.25, 0.3) is 0 Å². The summed E-state index contributed by atoms with van der Waals surface area (Å²) in [7, 11) is 4.34. The van der Waals surface area contributed by atoms with E-state index in [1.807, 2.05) is 0 Å². The molecule has 2 N–H and O–H groups in total. The van der Waals surface area contributed by atoms with Gasteiger partial charge in [-0.25, -0.2) is 0 Å². The normalized spacial score (nSPS) is 22.0. The third-order valence-electron chi connectivity index (χ3n) is 2.73. The molecule has 12 heavy (non-hydrogen) atoms. The number of nitrogens with zero attached hydrogens (tertiary/aromatic N) is 2. The van der Waals surface area contributed by atoms with Gasteiger partial charge in [-0.2, -0.15) is 0 Å². The Kier molecular flexibility index (Phi) is 3.98. The van der Waals surface area contributed by atoms with Gasteiger partial charge in [-0.3, -0.25) is 0 Å². The molecule has 0 amide bonds. The molecular weight excluding hydrogens is 150 g/mol. The van der Waals surface area contributed by atoms with E-state index in [2.05, 4.69) is 23.9 Å². The number of rotatable bonds is 3. The summed E-state index contributed by atoms with van der Waals surface area (Å²) in [5.41, 5.74) is 5.50. The quantitative estimate of drug-likeness (QED) is 0.647. The fraction of sp³-hybridized carbons (Fsp3) is 1.00. The molecular formula is C9H21N3. The lowest BCUT2D eigenvalue weighted by Gasteiger charge is -2.34. The van der Waals surface area contributed by atoms with Crippen LogP contribution < -0.4 is 5.73 Å². The predicted molar refractivity (Wildman–Crippen MR) is 52.2 cm³/mol. The molecule has 0 aromatic carbocycles. The first-order valence-corrected chi connectivity index (χ1v) is 4.83. The van der Waals surface area contributed by atoms with E-state index in [1.165, 1.54) is 25.9 Å². The molecule has 0 spiro atoms. The van der Waals surface area contributed by atoms with Crippen LogP contribution in [0.4, 0.5) is 0 Å². The molecule has 1 saturated heterocycles. The van der Waals surface area contributed by atoms with E-state index in [4.69, 9.17) is 5.73 Å². The van der Waals surface area contributed by atoms with Gasteiger partial charge in [-0.1, -0.05) is 0 Å². The Labute approximate surface area is 75.5 Å². The molecule has 0 aromatic rings. The first-order valence-electron chi connectivity index (χ1n) is 4.83. The molecule has 1 fully saturated rings. The van der Waals surface area contributed by atoms with Crippen LogP contribution in [0, 0.1) is 0 Å². The molecule has 1 aliphatic rings. The average molecular weight is 171 g/mol. The van der Waals surface area contributed by atoms with Crippen LogP contribution in [0.3, 0.4) is 0 Å². The molecule has 1 rings (SSSR count). The second-order valence-electron chi connectivity index (χ2n) is 3.83. The van der Waals surface area contributed by atoms with E-state index < -0.39 is 0 Å². The summed E-state index contributed by atoms with van der Waals surface area (Å²) in [5.74, 6) is 0. The number of likely N-dealkylation sites (tertiary alicyclic amines) is 1. The Balaban J connectivity index is 2.20. The Morgan fingerprint density at radius 2 is 1.92 bits per heavy atom. The van der Waals surface area contributed by atoms with Gasteiger partial charge in [0.05, 0.1) is 0 Å². The van der Waals surface area contributed by atoms with E-state index in [9.17, 15) is 0 Å². The maximum absolute atomic E-state index is 5.50. The van der Waals surface area contributed by atoms with Crippen LogP contribution in [0.25, 0.3) is 0 Å². The maximum Gasteiger partial charge on any atom is 0.0113 e. The minimum atomic E-state index is 0.791. The molecule has 0 unspecified atom stereocenters. The molecule has 3 heteroatoms. The first kappa shape index (κ1) is 9.96. The monoisotopic (exact) mass is 171 g/mol. The zero-order valence-electron chi connectivity index (χ0n) is 8.29. The zero-order valence-corrected chi connectivity index (χ0v) is 8.29. The summed E-state index contributed by atoms with van der Waals surface area (Å²) in [5, 5.41) is 0. The second kappa shape index (κ2) is 4.80. The van der Waals surface area contributed by atoms with E-state index in [1.54, 1.807) is 0 Å². The summed E-state index contributed by atoms with van der Waals surface area (Å²) < 4.78 is 0. The topological polar surface area (TPSA) is 32.5 Å². The molecule has 1 heterocycles. The molecule has 3 nitrogen and oxygen atoms in total. The molecule has 0 aromatic heterocycles. The van der Waals surface area contributed by atoms with Gasteiger partial charge in [0, 0.05) is 19.1 Å². The molecule has 0 bridgehead atoms. The van der Waals surface area contributed by atoms with Crippen molar-refractivity contribution in [2.45, 2.75) is 18.9 Å². The molecule has 1 aliphatic heterocycles. The Morgan fingerprint density at radius 1 is 1.33 bits per heavy atom. The highest BCUT2D eigenvalue weighted by Crippen LogP contribution is 2.13. The van der Waals surface area contributed by atoms with Crippen LogP contribution in [-0.4, -0.2) is 56.1 Å². The molecule has 0 aliphatic carbocycles. The van der Waals surface area contributed by atoms with E-state index in [-0.39, 0.29) is 0 Å². The average Bonchev–Trinajstić information content (AvgIpc) is 2.06.